The molecule has 1 atom stereocenters. The van der Waals surface area contributed by atoms with Crippen molar-refractivity contribution in [3.05, 3.63) is 131 Å². The number of anilines is 2. The number of carbonyl (C=O) groups is 4. The molecule has 1 unspecified atom stereocenters. The summed E-state index contributed by atoms with van der Waals surface area (Å²) in [5, 5.41) is 5.09. The summed E-state index contributed by atoms with van der Waals surface area (Å²) in [5.74, 6) is -0.950. The summed E-state index contributed by atoms with van der Waals surface area (Å²) in [5.41, 5.74) is 5.41. The Labute approximate surface area is 267 Å². The van der Waals surface area contributed by atoms with Crippen LogP contribution in [0.5, 0.6) is 0 Å². The van der Waals surface area contributed by atoms with Crippen LogP contribution in [-0.2, 0) is 14.4 Å². The van der Waals surface area contributed by atoms with Gasteiger partial charge in [0.1, 0.15) is 5.70 Å². The van der Waals surface area contributed by atoms with E-state index in [0.29, 0.717) is 22.9 Å². The van der Waals surface area contributed by atoms with Gasteiger partial charge in [-0.1, -0.05) is 74.5 Å². The van der Waals surface area contributed by atoms with Crippen LogP contribution in [0.25, 0.3) is 6.08 Å². The summed E-state index contributed by atoms with van der Waals surface area (Å²) in [6.45, 7) is 8.01. The molecule has 1 aliphatic rings. The summed E-state index contributed by atoms with van der Waals surface area (Å²) < 4.78 is 0. The first-order valence-corrected chi connectivity index (χ1v) is 15.7. The summed E-state index contributed by atoms with van der Waals surface area (Å²) in [6, 6.07) is 29.3. The number of para-hydroxylation sites is 1. The van der Waals surface area contributed by atoms with E-state index in [-0.39, 0.29) is 23.9 Å². The summed E-state index contributed by atoms with van der Waals surface area (Å²) in [4.78, 5) is 54.7. The van der Waals surface area contributed by atoms with E-state index in [2.05, 4.69) is 24.5 Å². The molecule has 2 N–H and O–H groups in total. The molecule has 228 valence electrons. The Morgan fingerprint density at radius 1 is 0.844 bits per heavy atom. The molecule has 1 heterocycles. The number of nitrogens with one attached hydrogen (secondary N) is 2. The van der Waals surface area contributed by atoms with E-state index < -0.39 is 17.1 Å². The molecule has 0 bridgehead atoms. The van der Waals surface area contributed by atoms with Crippen molar-refractivity contribution in [1.29, 1.82) is 0 Å². The second-order valence-corrected chi connectivity index (χ2v) is 12.6. The Morgan fingerprint density at radius 3 is 2.11 bits per heavy atom. The lowest BCUT2D eigenvalue weighted by atomic mass is 10.0. The van der Waals surface area contributed by atoms with Gasteiger partial charge in [-0.3, -0.25) is 19.2 Å². The monoisotopic (exact) mass is 617 g/mol. The van der Waals surface area contributed by atoms with Crippen molar-refractivity contribution in [2.45, 2.75) is 50.2 Å². The topological polar surface area (TPSA) is 95.6 Å². The third-order valence-corrected chi connectivity index (χ3v) is 8.80. The zero-order valence-corrected chi connectivity index (χ0v) is 26.5. The Morgan fingerprint density at radius 2 is 1.49 bits per heavy atom. The van der Waals surface area contributed by atoms with Gasteiger partial charge < -0.3 is 10.6 Å². The highest BCUT2D eigenvalue weighted by atomic mass is 32.2. The SMILES string of the molecule is Cc1cccc(C)c1N1C(=O)CC(Sc2ccc(NC(=O)/C(=C/c3ccc(C(C)C)cc3)NC(=O)c3ccccc3)cc2)C1=O. The van der Waals surface area contributed by atoms with Crippen LogP contribution >= 0.6 is 11.8 Å². The van der Waals surface area contributed by atoms with Crippen LogP contribution in [0.1, 0.15) is 58.8 Å². The zero-order valence-electron chi connectivity index (χ0n) is 25.7. The average molecular weight is 618 g/mol. The third kappa shape index (κ3) is 7.41. The van der Waals surface area contributed by atoms with Crippen molar-refractivity contribution >= 4 is 52.8 Å². The number of amides is 4. The van der Waals surface area contributed by atoms with Crippen LogP contribution in [0, 0.1) is 13.8 Å². The minimum Gasteiger partial charge on any atom is -0.321 e. The maximum absolute atomic E-state index is 13.4. The van der Waals surface area contributed by atoms with Crippen molar-refractivity contribution < 1.29 is 19.2 Å². The summed E-state index contributed by atoms with van der Waals surface area (Å²) in [6.07, 6.45) is 1.76. The third-order valence-electron chi connectivity index (χ3n) is 7.60. The normalized spacial score (nSPS) is 15.0. The summed E-state index contributed by atoms with van der Waals surface area (Å²) >= 11 is 1.32. The van der Waals surface area contributed by atoms with Gasteiger partial charge in [-0.2, -0.15) is 0 Å². The predicted octanol–water partition coefficient (Wildman–Crippen LogP) is 7.26. The minimum atomic E-state index is -0.540. The van der Waals surface area contributed by atoms with Gasteiger partial charge in [0.15, 0.2) is 0 Å². The molecule has 0 spiro atoms. The van der Waals surface area contributed by atoms with Crippen molar-refractivity contribution in [3.63, 3.8) is 0 Å². The van der Waals surface area contributed by atoms with Gasteiger partial charge in [0.25, 0.3) is 11.8 Å². The van der Waals surface area contributed by atoms with Crippen molar-refractivity contribution in [3.8, 4) is 0 Å². The predicted molar refractivity (Wildman–Crippen MR) is 180 cm³/mol. The van der Waals surface area contributed by atoms with Crippen LogP contribution in [0.3, 0.4) is 0 Å². The first-order chi connectivity index (χ1) is 21.6. The first kappa shape index (κ1) is 31.5. The molecule has 1 aliphatic heterocycles. The number of hydrogen-bond donors (Lipinski definition) is 2. The van der Waals surface area contributed by atoms with Gasteiger partial charge in [-0.25, -0.2) is 4.90 Å². The average Bonchev–Trinajstić information content (AvgIpc) is 3.30. The molecule has 0 saturated carbocycles. The van der Waals surface area contributed by atoms with Crippen LogP contribution in [0.4, 0.5) is 11.4 Å². The van der Waals surface area contributed by atoms with Crippen LogP contribution < -0.4 is 15.5 Å². The highest BCUT2D eigenvalue weighted by Crippen LogP contribution is 2.36. The Hall–Kier alpha value is -4.95. The smallest absolute Gasteiger partial charge is 0.272 e. The second-order valence-electron chi connectivity index (χ2n) is 11.3. The van der Waals surface area contributed by atoms with Gasteiger partial charge in [0.05, 0.1) is 10.9 Å². The van der Waals surface area contributed by atoms with Crippen molar-refractivity contribution in [2.24, 2.45) is 0 Å². The molecule has 45 heavy (non-hydrogen) atoms. The number of benzene rings is 4. The molecular formula is C37H35N3O4S. The molecular weight excluding hydrogens is 582 g/mol. The number of carbonyl (C=O) groups excluding carboxylic acids is 4. The van der Waals surface area contributed by atoms with Crippen LogP contribution in [0.15, 0.2) is 108 Å². The van der Waals surface area contributed by atoms with Gasteiger partial charge in [-0.15, -0.1) is 11.8 Å². The molecule has 4 amide bonds. The van der Waals surface area contributed by atoms with Gasteiger partial charge in [-0.05, 0) is 84.5 Å². The number of thioether (sulfide) groups is 1. The van der Waals surface area contributed by atoms with Gasteiger partial charge >= 0.3 is 0 Å². The van der Waals surface area contributed by atoms with E-state index >= 15 is 0 Å². The maximum atomic E-state index is 13.4. The van der Waals surface area contributed by atoms with Gasteiger partial charge in [0.2, 0.25) is 11.8 Å². The minimum absolute atomic E-state index is 0.0984. The summed E-state index contributed by atoms with van der Waals surface area (Å²) in [7, 11) is 0. The number of hydrogen-bond acceptors (Lipinski definition) is 5. The van der Waals surface area contributed by atoms with Crippen molar-refractivity contribution in [1.82, 2.24) is 5.32 Å². The van der Waals surface area contributed by atoms with E-state index in [9.17, 15) is 19.2 Å². The number of rotatable bonds is 9. The molecule has 0 radical (unpaired) electrons. The highest BCUT2D eigenvalue weighted by molar-refractivity contribution is 8.00. The fraction of sp³-hybridized carbons (Fsp3) is 0.189. The standard InChI is InChI=1S/C37H35N3O4S/c1-23(2)27-15-13-26(14-16-27)21-31(39-35(42)28-11-6-5-7-12-28)36(43)38-29-17-19-30(20-18-29)45-32-22-33(41)40(37(32)44)34-24(3)9-8-10-25(34)4/h5-21,23,32H,22H2,1-4H3,(H,38,43)(H,39,42)/b31-21-. The van der Waals surface area contributed by atoms with E-state index in [1.165, 1.54) is 22.2 Å². The van der Waals surface area contributed by atoms with E-state index in [1.807, 2.05) is 62.4 Å². The number of aryl methyl sites for hydroxylation is 2. The molecule has 7 nitrogen and oxygen atoms in total. The van der Waals surface area contributed by atoms with E-state index in [1.54, 1.807) is 54.6 Å². The number of imide groups is 1. The largest absolute Gasteiger partial charge is 0.321 e. The van der Waals surface area contributed by atoms with Crippen LogP contribution in [-0.4, -0.2) is 28.9 Å². The molecule has 8 heteroatoms. The second kappa shape index (κ2) is 13.8. The lowest BCUT2D eigenvalue weighted by Crippen LogP contribution is -2.32. The maximum Gasteiger partial charge on any atom is 0.272 e. The lowest BCUT2D eigenvalue weighted by molar-refractivity contribution is -0.121. The molecule has 1 fully saturated rings. The highest BCUT2D eigenvalue weighted by Gasteiger charge is 2.41. The fourth-order valence-corrected chi connectivity index (χ4v) is 6.21. The van der Waals surface area contributed by atoms with Gasteiger partial charge in [0, 0.05) is 22.6 Å². The molecule has 0 aliphatic carbocycles. The Balaban J connectivity index is 1.30. The molecule has 4 aromatic carbocycles. The zero-order chi connectivity index (χ0) is 32.1. The molecule has 5 rings (SSSR count). The Kier molecular flexibility index (Phi) is 9.64. The van der Waals surface area contributed by atoms with Crippen LogP contribution in [0.2, 0.25) is 0 Å². The lowest BCUT2D eigenvalue weighted by Gasteiger charge is -2.19. The fourth-order valence-electron chi connectivity index (χ4n) is 5.16. The quantitative estimate of drug-likeness (QED) is 0.152. The first-order valence-electron chi connectivity index (χ1n) is 14.8. The molecule has 4 aromatic rings. The number of nitrogens with zero attached hydrogens (tertiary/aromatic N) is 1. The van der Waals surface area contributed by atoms with Crippen molar-refractivity contribution in [2.75, 3.05) is 10.2 Å². The molecule has 0 aromatic heterocycles. The molecule has 1 saturated heterocycles. The van der Waals surface area contributed by atoms with E-state index in [0.717, 1.165) is 21.6 Å². The van der Waals surface area contributed by atoms with E-state index in [4.69, 9.17) is 0 Å². The Bertz CT molecular complexity index is 1740.